The number of carbonyl (C=O) groups excluding carboxylic acids is 2. The first-order chi connectivity index (χ1) is 11.0. The fraction of sp³-hybridized carbons (Fsp3) is 0.474. The van der Waals surface area contributed by atoms with Gasteiger partial charge in [0.1, 0.15) is 0 Å². The number of carbonyl (C=O) groups is 2. The first-order valence-electron chi connectivity index (χ1n) is 8.27. The fourth-order valence-electron chi connectivity index (χ4n) is 3.44. The summed E-state index contributed by atoms with van der Waals surface area (Å²) in [6.45, 7) is 4.03. The Kier molecular flexibility index (Phi) is 4.51. The third kappa shape index (κ3) is 3.63. The van der Waals surface area contributed by atoms with E-state index in [-0.39, 0.29) is 24.4 Å². The molecule has 1 aromatic rings. The fourth-order valence-corrected chi connectivity index (χ4v) is 3.44. The molecular weight excluding hydrogens is 290 g/mol. The van der Waals surface area contributed by atoms with Crippen LogP contribution in [0.15, 0.2) is 36.4 Å². The minimum Gasteiger partial charge on any atom is -0.455 e. The molecule has 2 aliphatic carbocycles. The summed E-state index contributed by atoms with van der Waals surface area (Å²) in [5.74, 6) is 0.672. The number of nitrogens with one attached hydrogen (secondary N) is 1. The van der Waals surface area contributed by atoms with Crippen molar-refractivity contribution < 1.29 is 14.3 Å². The van der Waals surface area contributed by atoms with Crippen LogP contribution in [0.2, 0.25) is 0 Å². The molecule has 23 heavy (non-hydrogen) atoms. The molecule has 0 aromatic heterocycles. The Hall–Kier alpha value is -2.10. The molecule has 0 radical (unpaired) electrons. The number of anilines is 1. The van der Waals surface area contributed by atoms with E-state index in [0.29, 0.717) is 17.8 Å². The van der Waals surface area contributed by atoms with Crippen LogP contribution in [0.1, 0.15) is 38.2 Å². The third-order valence-corrected chi connectivity index (χ3v) is 4.79. The molecule has 3 rings (SSSR count). The lowest BCUT2D eigenvalue weighted by molar-refractivity contribution is -0.152. The number of amides is 1. The lowest BCUT2D eigenvalue weighted by atomic mass is 9.94. The first-order valence-corrected chi connectivity index (χ1v) is 8.27. The smallest absolute Gasteiger partial charge is 0.310 e. The van der Waals surface area contributed by atoms with E-state index in [1.54, 1.807) is 0 Å². The molecule has 1 aromatic carbocycles. The van der Waals surface area contributed by atoms with Crippen molar-refractivity contribution in [3.63, 3.8) is 0 Å². The monoisotopic (exact) mass is 313 g/mol. The number of hydrogen-bond donors (Lipinski definition) is 1. The summed E-state index contributed by atoms with van der Waals surface area (Å²) in [4.78, 5) is 24.0. The number of benzene rings is 1. The zero-order chi connectivity index (χ0) is 16.4. The molecule has 4 nitrogen and oxygen atoms in total. The average Bonchev–Trinajstić information content (AvgIpc) is 3.16. The van der Waals surface area contributed by atoms with Gasteiger partial charge in [0, 0.05) is 5.69 Å². The van der Waals surface area contributed by atoms with Gasteiger partial charge in [-0.1, -0.05) is 38.1 Å². The Labute approximate surface area is 136 Å². The van der Waals surface area contributed by atoms with Gasteiger partial charge in [-0.3, -0.25) is 9.59 Å². The summed E-state index contributed by atoms with van der Waals surface area (Å²) in [5.41, 5.74) is 1.94. The Balaban J connectivity index is 1.46. The Morgan fingerprint density at radius 2 is 1.91 bits per heavy atom. The van der Waals surface area contributed by atoms with Gasteiger partial charge in [0.25, 0.3) is 5.91 Å². The molecule has 0 heterocycles. The minimum atomic E-state index is -0.297. The SMILES string of the molecule is CC(C)c1ccc(NC(=O)COC(=O)[C@@H]2C[C@@H]3C=C[C@H]2C3)cc1. The van der Waals surface area contributed by atoms with Gasteiger partial charge in [0.2, 0.25) is 0 Å². The molecule has 122 valence electrons. The number of esters is 1. The second-order valence-electron chi connectivity index (χ2n) is 6.82. The van der Waals surface area contributed by atoms with Crippen LogP contribution in [0.3, 0.4) is 0 Å². The molecular formula is C19H23NO3. The maximum atomic E-state index is 12.1. The molecule has 2 bridgehead atoms. The van der Waals surface area contributed by atoms with Crippen molar-refractivity contribution in [3.05, 3.63) is 42.0 Å². The predicted octanol–water partition coefficient (Wildman–Crippen LogP) is 3.50. The molecule has 0 aliphatic heterocycles. The van der Waals surface area contributed by atoms with E-state index in [1.165, 1.54) is 5.56 Å². The number of rotatable bonds is 5. The molecule has 0 spiro atoms. The summed E-state index contributed by atoms with van der Waals surface area (Å²) < 4.78 is 5.19. The highest BCUT2D eigenvalue weighted by atomic mass is 16.5. The standard InChI is InChI=1S/C19H23NO3/c1-12(2)14-5-7-16(8-6-14)20-18(21)11-23-19(22)17-10-13-3-4-15(17)9-13/h3-8,12-13,15,17H,9-11H2,1-2H3,(H,20,21)/t13-,15+,17-/m1/s1. The highest BCUT2D eigenvalue weighted by Crippen LogP contribution is 2.43. The Morgan fingerprint density at radius 3 is 2.48 bits per heavy atom. The van der Waals surface area contributed by atoms with Gasteiger partial charge in [-0.15, -0.1) is 0 Å². The van der Waals surface area contributed by atoms with Crippen LogP contribution in [0.4, 0.5) is 5.69 Å². The maximum Gasteiger partial charge on any atom is 0.310 e. The van der Waals surface area contributed by atoms with Gasteiger partial charge >= 0.3 is 5.97 Å². The van der Waals surface area contributed by atoms with Crippen molar-refractivity contribution in [2.45, 2.75) is 32.6 Å². The molecule has 1 N–H and O–H groups in total. The Morgan fingerprint density at radius 1 is 1.17 bits per heavy atom. The number of hydrogen-bond acceptors (Lipinski definition) is 3. The first kappa shape index (κ1) is 15.8. The van der Waals surface area contributed by atoms with Crippen LogP contribution < -0.4 is 5.32 Å². The molecule has 3 atom stereocenters. The normalized spacial score (nSPS) is 24.9. The van der Waals surface area contributed by atoms with Crippen LogP contribution in [-0.2, 0) is 14.3 Å². The molecule has 0 saturated heterocycles. The lowest BCUT2D eigenvalue weighted by Gasteiger charge is -2.16. The van der Waals surface area contributed by atoms with Crippen LogP contribution in [0.25, 0.3) is 0 Å². The maximum absolute atomic E-state index is 12.1. The van der Waals surface area contributed by atoms with Crippen molar-refractivity contribution in [3.8, 4) is 0 Å². The van der Waals surface area contributed by atoms with E-state index < -0.39 is 0 Å². The van der Waals surface area contributed by atoms with Gasteiger partial charge < -0.3 is 10.1 Å². The van der Waals surface area contributed by atoms with E-state index in [9.17, 15) is 9.59 Å². The van der Waals surface area contributed by atoms with Crippen LogP contribution >= 0.6 is 0 Å². The van der Waals surface area contributed by atoms with Crippen molar-refractivity contribution in [1.29, 1.82) is 0 Å². The summed E-state index contributed by atoms with van der Waals surface area (Å²) in [6, 6.07) is 7.73. The van der Waals surface area contributed by atoms with Gasteiger partial charge in [0.05, 0.1) is 5.92 Å². The summed E-state index contributed by atoms with van der Waals surface area (Å²) in [5, 5.41) is 2.76. The van der Waals surface area contributed by atoms with E-state index in [1.807, 2.05) is 24.3 Å². The number of allylic oxidation sites excluding steroid dienone is 2. The van der Waals surface area contributed by atoms with Crippen LogP contribution in [-0.4, -0.2) is 18.5 Å². The van der Waals surface area contributed by atoms with E-state index in [0.717, 1.165) is 18.5 Å². The van der Waals surface area contributed by atoms with E-state index >= 15 is 0 Å². The van der Waals surface area contributed by atoms with Gasteiger partial charge in [-0.05, 0) is 48.3 Å². The quantitative estimate of drug-likeness (QED) is 0.668. The second-order valence-corrected chi connectivity index (χ2v) is 6.82. The van der Waals surface area contributed by atoms with Crippen molar-refractivity contribution in [2.75, 3.05) is 11.9 Å². The lowest BCUT2D eigenvalue weighted by Crippen LogP contribution is -2.26. The molecule has 1 saturated carbocycles. The van der Waals surface area contributed by atoms with Crippen molar-refractivity contribution in [2.24, 2.45) is 17.8 Å². The van der Waals surface area contributed by atoms with Crippen LogP contribution in [0.5, 0.6) is 0 Å². The molecule has 0 unspecified atom stereocenters. The third-order valence-electron chi connectivity index (χ3n) is 4.79. The minimum absolute atomic E-state index is 0.0666. The summed E-state index contributed by atoms with van der Waals surface area (Å²) in [6.07, 6.45) is 6.20. The largest absolute Gasteiger partial charge is 0.455 e. The number of ether oxygens (including phenoxy) is 1. The molecule has 1 amide bonds. The van der Waals surface area contributed by atoms with Crippen molar-refractivity contribution >= 4 is 17.6 Å². The topological polar surface area (TPSA) is 55.4 Å². The highest BCUT2D eigenvalue weighted by Gasteiger charge is 2.40. The van der Waals surface area contributed by atoms with E-state index in [2.05, 4.69) is 31.3 Å². The highest BCUT2D eigenvalue weighted by molar-refractivity contribution is 5.93. The molecule has 1 fully saturated rings. The molecule has 2 aliphatic rings. The second kappa shape index (κ2) is 6.57. The summed E-state index contributed by atoms with van der Waals surface area (Å²) in [7, 11) is 0. The average molecular weight is 313 g/mol. The Bertz CT molecular complexity index is 618. The van der Waals surface area contributed by atoms with Crippen LogP contribution in [0, 0.1) is 17.8 Å². The van der Waals surface area contributed by atoms with Gasteiger partial charge in [-0.2, -0.15) is 0 Å². The van der Waals surface area contributed by atoms with E-state index in [4.69, 9.17) is 4.74 Å². The zero-order valence-corrected chi connectivity index (χ0v) is 13.6. The van der Waals surface area contributed by atoms with Gasteiger partial charge in [0.15, 0.2) is 6.61 Å². The zero-order valence-electron chi connectivity index (χ0n) is 13.6. The van der Waals surface area contributed by atoms with Crippen molar-refractivity contribution in [1.82, 2.24) is 0 Å². The molecule has 4 heteroatoms. The number of fused-ring (bicyclic) bond motifs is 2. The summed E-state index contributed by atoms with van der Waals surface area (Å²) >= 11 is 0. The predicted molar refractivity (Wildman–Crippen MR) is 89.0 cm³/mol. The van der Waals surface area contributed by atoms with Gasteiger partial charge in [-0.25, -0.2) is 0 Å².